The molecule has 3 amide bonds. The maximum atomic E-state index is 13.1. The number of likely N-dealkylation sites (tertiary alicyclic amines) is 1. The Kier molecular flexibility index (Phi) is 12.1. The summed E-state index contributed by atoms with van der Waals surface area (Å²) in [6, 6.07) is -3.81. The predicted molar refractivity (Wildman–Crippen MR) is 117 cm³/mol. The van der Waals surface area contributed by atoms with Gasteiger partial charge in [0.1, 0.15) is 24.2 Å². The monoisotopic (exact) mass is 464 g/mol. The minimum absolute atomic E-state index is 0.286. The van der Waals surface area contributed by atoms with Crippen molar-refractivity contribution in [2.75, 3.05) is 37.2 Å². The third-order valence-electron chi connectivity index (χ3n) is 4.82. The standard InChI is InChI=1S/C18H32N4O6S2/c1-29-8-5-12(20-15(24)11(19)10-23)17(26)22-7-3-4-14(22)16(25)21-13(18(27)28)6-9-30-2/h11-14,23H,3-10,19H2,1-2H3,(H,20,24)(H,21,25)(H,27,28). The smallest absolute Gasteiger partial charge is 0.326 e. The van der Waals surface area contributed by atoms with Crippen molar-refractivity contribution in [2.45, 2.75) is 49.9 Å². The second-order valence-corrected chi connectivity index (χ2v) is 8.97. The number of carboxylic acid groups (broad SMARTS) is 1. The fourth-order valence-corrected chi connectivity index (χ4v) is 4.06. The van der Waals surface area contributed by atoms with E-state index in [1.54, 1.807) is 0 Å². The number of nitrogens with zero attached hydrogens (tertiary/aromatic N) is 1. The Morgan fingerprint density at radius 1 is 1.10 bits per heavy atom. The van der Waals surface area contributed by atoms with E-state index in [2.05, 4.69) is 10.6 Å². The maximum Gasteiger partial charge on any atom is 0.326 e. The molecule has 1 saturated heterocycles. The summed E-state index contributed by atoms with van der Waals surface area (Å²) in [5, 5.41) is 23.5. The van der Waals surface area contributed by atoms with E-state index >= 15 is 0 Å². The highest BCUT2D eigenvalue weighted by atomic mass is 32.2. The van der Waals surface area contributed by atoms with E-state index in [4.69, 9.17) is 10.8 Å². The largest absolute Gasteiger partial charge is 0.480 e. The molecule has 0 saturated carbocycles. The lowest BCUT2D eigenvalue weighted by Crippen LogP contribution is -2.57. The highest BCUT2D eigenvalue weighted by Crippen LogP contribution is 2.20. The lowest BCUT2D eigenvalue weighted by molar-refractivity contribution is -0.145. The Hall–Kier alpha value is -1.50. The first-order chi connectivity index (χ1) is 14.3. The molecule has 1 heterocycles. The quantitative estimate of drug-likeness (QED) is 0.227. The zero-order valence-electron chi connectivity index (χ0n) is 17.3. The summed E-state index contributed by atoms with van der Waals surface area (Å²) < 4.78 is 0. The molecule has 4 atom stereocenters. The highest BCUT2D eigenvalue weighted by Gasteiger charge is 2.38. The Labute approximate surface area is 185 Å². The third kappa shape index (κ3) is 7.97. The molecular weight excluding hydrogens is 432 g/mol. The van der Waals surface area contributed by atoms with E-state index in [1.165, 1.54) is 28.4 Å². The van der Waals surface area contributed by atoms with Crippen molar-refractivity contribution < 1.29 is 29.4 Å². The minimum atomic E-state index is -1.14. The van der Waals surface area contributed by atoms with Gasteiger partial charge in [-0.15, -0.1) is 0 Å². The number of amides is 3. The molecule has 1 fully saturated rings. The summed E-state index contributed by atoms with van der Waals surface area (Å²) in [6.45, 7) is -0.201. The van der Waals surface area contributed by atoms with Gasteiger partial charge >= 0.3 is 5.97 Å². The zero-order valence-corrected chi connectivity index (χ0v) is 19.0. The van der Waals surface area contributed by atoms with Crippen molar-refractivity contribution in [2.24, 2.45) is 5.73 Å². The number of carbonyl (C=O) groups is 4. The molecule has 0 spiro atoms. The topological polar surface area (TPSA) is 162 Å². The Morgan fingerprint density at radius 3 is 2.23 bits per heavy atom. The van der Waals surface area contributed by atoms with Gasteiger partial charge in [-0.25, -0.2) is 4.79 Å². The lowest BCUT2D eigenvalue weighted by Gasteiger charge is -2.29. The van der Waals surface area contributed by atoms with Gasteiger partial charge in [0, 0.05) is 6.54 Å². The first kappa shape index (κ1) is 26.5. The van der Waals surface area contributed by atoms with Crippen LogP contribution in [0.1, 0.15) is 25.7 Å². The molecule has 1 aliphatic heterocycles. The van der Waals surface area contributed by atoms with Crippen LogP contribution in [0.4, 0.5) is 0 Å². The number of nitrogens with two attached hydrogens (primary N) is 1. The van der Waals surface area contributed by atoms with E-state index in [1.807, 2.05) is 12.5 Å². The predicted octanol–water partition coefficient (Wildman–Crippen LogP) is -1.14. The molecule has 0 aromatic rings. The van der Waals surface area contributed by atoms with Gasteiger partial charge < -0.3 is 31.5 Å². The molecule has 0 radical (unpaired) electrons. The van der Waals surface area contributed by atoms with Crippen LogP contribution in [-0.2, 0) is 19.2 Å². The molecular formula is C18H32N4O6S2. The van der Waals surface area contributed by atoms with Gasteiger partial charge in [0.15, 0.2) is 0 Å². The number of carbonyl (C=O) groups excluding carboxylic acids is 3. The second-order valence-electron chi connectivity index (χ2n) is 7.00. The molecule has 1 rings (SSSR count). The molecule has 172 valence electrons. The summed E-state index contributed by atoms with van der Waals surface area (Å²) in [4.78, 5) is 50.7. The van der Waals surface area contributed by atoms with Crippen molar-refractivity contribution in [3.8, 4) is 0 Å². The van der Waals surface area contributed by atoms with Crippen LogP contribution in [-0.4, -0.2) is 100 Å². The number of aliphatic carboxylic acids is 1. The van der Waals surface area contributed by atoms with E-state index in [0.29, 0.717) is 37.3 Å². The minimum Gasteiger partial charge on any atom is -0.480 e. The molecule has 30 heavy (non-hydrogen) atoms. The van der Waals surface area contributed by atoms with Crippen molar-refractivity contribution in [1.82, 2.24) is 15.5 Å². The molecule has 0 aromatic carbocycles. The summed E-state index contributed by atoms with van der Waals surface area (Å²) in [5.41, 5.74) is 5.53. The van der Waals surface area contributed by atoms with Gasteiger partial charge in [-0.2, -0.15) is 23.5 Å². The molecule has 6 N–H and O–H groups in total. The number of hydrogen-bond donors (Lipinski definition) is 5. The molecule has 0 aliphatic carbocycles. The fourth-order valence-electron chi connectivity index (χ4n) is 3.12. The van der Waals surface area contributed by atoms with Crippen LogP contribution in [0.2, 0.25) is 0 Å². The van der Waals surface area contributed by atoms with E-state index in [-0.39, 0.29) is 6.42 Å². The van der Waals surface area contributed by atoms with Crippen molar-refractivity contribution in [3.63, 3.8) is 0 Å². The van der Waals surface area contributed by atoms with Crippen LogP contribution >= 0.6 is 23.5 Å². The number of thioether (sulfide) groups is 2. The molecule has 4 unspecified atom stereocenters. The van der Waals surface area contributed by atoms with Gasteiger partial charge in [-0.3, -0.25) is 14.4 Å². The molecule has 10 nitrogen and oxygen atoms in total. The van der Waals surface area contributed by atoms with Gasteiger partial charge in [0.05, 0.1) is 6.61 Å². The van der Waals surface area contributed by atoms with Gasteiger partial charge in [0.2, 0.25) is 17.7 Å². The van der Waals surface area contributed by atoms with Gasteiger partial charge in [-0.05, 0) is 49.7 Å². The van der Waals surface area contributed by atoms with Crippen molar-refractivity contribution in [3.05, 3.63) is 0 Å². The molecule has 1 aliphatic rings. The van der Waals surface area contributed by atoms with E-state index < -0.39 is 54.5 Å². The summed E-state index contributed by atoms with van der Waals surface area (Å²) in [6.07, 6.45) is 5.38. The van der Waals surface area contributed by atoms with Gasteiger partial charge in [0.25, 0.3) is 0 Å². The van der Waals surface area contributed by atoms with Crippen LogP contribution in [0, 0.1) is 0 Å². The van der Waals surface area contributed by atoms with E-state index in [0.717, 1.165) is 0 Å². The molecule has 0 bridgehead atoms. The fraction of sp³-hybridized carbons (Fsp3) is 0.778. The Bertz CT molecular complexity index is 609. The number of carboxylic acids is 1. The van der Waals surface area contributed by atoms with Crippen molar-refractivity contribution in [1.29, 1.82) is 0 Å². The normalized spacial score (nSPS) is 19.1. The van der Waals surface area contributed by atoms with Crippen molar-refractivity contribution >= 4 is 47.2 Å². The first-order valence-corrected chi connectivity index (χ1v) is 12.5. The average Bonchev–Trinajstić information content (AvgIpc) is 3.22. The summed E-state index contributed by atoms with van der Waals surface area (Å²) in [5.74, 6) is -1.48. The van der Waals surface area contributed by atoms with Crippen LogP contribution in [0.3, 0.4) is 0 Å². The summed E-state index contributed by atoms with van der Waals surface area (Å²) >= 11 is 2.99. The first-order valence-electron chi connectivity index (χ1n) is 9.75. The lowest BCUT2D eigenvalue weighted by atomic mass is 10.1. The van der Waals surface area contributed by atoms with Crippen LogP contribution in [0.15, 0.2) is 0 Å². The molecule has 12 heteroatoms. The maximum absolute atomic E-state index is 13.1. The van der Waals surface area contributed by atoms with Crippen LogP contribution < -0.4 is 16.4 Å². The third-order valence-corrected chi connectivity index (χ3v) is 6.11. The average molecular weight is 465 g/mol. The number of rotatable bonds is 13. The Balaban J connectivity index is 2.88. The SMILES string of the molecule is CSCCC(NC(=O)C1CCCN1C(=O)C(CCSC)NC(=O)C(N)CO)C(=O)O. The van der Waals surface area contributed by atoms with Crippen LogP contribution in [0.5, 0.6) is 0 Å². The zero-order chi connectivity index (χ0) is 22.7. The number of hydrogen-bond acceptors (Lipinski definition) is 8. The second kappa shape index (κ2) is 13.7. The van der Waals surface area contributed by atoms with Gasteiger partial charge in [-0.1, -0.05) is 0 Å². The number of aliphatic hydroxyl groups excluding tert-OH is 1. The summed E-state index contributed by atoms with van der Waals surface area (Å²) in [7, 11) is 0. The van der Waals surface area contributed by atoms with Crippen LogP contribution in [0.25, 0.3) is 0 Å². The molecule has 0 aromatic heterocycles. The Morgan fingerprint density at radius 2 is 1.70 bits per heavy atom. The number of nitrogens with one attached hydrogen (secondary N) is 2. The highest BCUT2D eigenvalue weighted by molar-refractivity contribution is 7.98. The number of aliphatic hydroxyl groups is 1. The van der Waals surface area contributed by atoms with E-state index in [9.17, 15) is 24.3 Å².